The van der Waals surface area contributed by atoms with Crippen molar-refractivity contribution in [2.24, 2.45) is 0 Å². The molecule has 0 saturated carbocycles. The number of ether oxygens (including phenoxy) is 2. The maximum Gasteiger partial charge on any atom is 0.317 e. The van der Waals surface area contributed by atoms with Crippen LogP contribution in [0.5, 0.6) is 5.88 Å². The Hall–Kier alpha value is -1.82. The van der Waals surface area contributed by atoms with E-state index in [2.05, 4.69) is 10.3 Å². The van der Waals surface area contributed by atoms with Crippen LogP contribution in [0.15, 0.2) is 18.3 Å². The molecule has 2 heterocycles. The number of urea groups is 1. The maximum atomic E-state index is 12.2. The number of hydrogen-bond donors (Lipinski definition) is 1. The molecule has 6 nitrogen and oxygen atoms in total. The third kappa shape index (κ3) is 4.87. The molecule has 1 aliphatic rings. The Kier molecular flexibility index (Phi) is 6.45. The largest absolute Gasteiger partial charge is 0.478 e. The summed E-state index contributed by atoms with van der Waals surface area (Å²) in [5, 5.41) is 2.90. The molecule has 2 rings (SSSR count). The van der Waals surface area contributed by atoms with Crippen molar-refractivity contribution in [2.75, 3.05) is 26.8 Å². The minimum atomic E-state index is -0.111. The number of pyridine rings is 1. The van der Waals surface area contributed by atoms with Gasteiger partial charge in [0.15, 0.2) is 0 Å². The van der Waals surface area contributed by atoms with Crippen molar-refractivity contribution in [3.8, 4) is 5.88 Å². The minimum absolute atomic E-state index is 0.111. The van der Waals surface area contributed by atoms with Gasteiger partial charge >= 0.3 is 6.03 Å². The second-order valence-electron chi connectivity index (χ2n) is 5.43. The molecule has 1 N–H and O–H groups in total. The lowest BCUT2D eigenvalue weighted by Crippen LogP contribution is -2.42. The topological polar surface area (TPSA) is 63.7 Å². The minimum Gasteiger partial charge on any atom is -0.478 e. The fourth-order valence-electron chi connectivity index (χ4n) is 2.47. The van der Waals surface area contributed by atoms with Crippen LogP contribution in [0.2, 0.25) is 0 Å². The van der Waals surface area contributed by atoms with E-state index >= 15 is 0 Å². The summed E-state index contributed by atoms with van der Waals surface area (Å²) >= 11 is 0. The van der Waals surface area contributed by atoms with Crippen LogP contribution < -0.4 is 10.1 Å². The second kappa shape index (κ2) is 8.58. The molecule has 1 saturated heterocycles. The zero-order valence-electron chi connectivity index (χ0n) is 13.4. The average Bonchev–Trinajstić information content (AvgIpc) is 2.55. The molecule has 1 atom stereocenters. The molecule has 0 radical (unpaired) electrons. The van der Waals surface area contributed by atoms with Gasteiger partial charge in [-0.3, -0.25) is 0 Å². The Labute approximate surface area is 131 Å². The SMILES string of the molecule is CCOc1ncccc1CNC(=O)N(C)CC1CCCCO1. The van der Waals surface area contributed by atoms with Crippen molar-refractivity contribution in [1.29, 1.82) is 0 Å². The summed E-state index contributed by atoms with van der Waals surface area (Å²) in [6.45, 7) is 4.29. The van der Waals surface area contributed by atoms with Crippen LogP contribution in [0.1, 0.15) is 31.7 Å². The first-order valence-electron chi connectivity index (χ1n) is 7.88. The molecule has 2 amide bonds. The lowest BCUT2D eigenvalue weighted by molar-refractivity contribution is 0.00385. The maximum absolute atomic E-state index is 12.2. The van der Waals surface area contributed by atoms with E-state index in [1.165, 1.54) is 6.42 Å². The van der Waals surface area contributed by atoms with Gasteiger partial charge < -0.3 is 19.7 Å². The van der Waals surface area contributed by atoms with Gasteiger partial charge in [0.05, 0.1) is 12.7 Å². The van der Waals surface area contributed by atoms with Gasteiger partial charge in [0.2, 0.25) is 5.88 Å². The van der Waals surface area contributed by atoms with Crippen LogP contribution in [0.25, 0.3) is 0 Å². The Morgan fingerprint density at radius 1 is 1.55 bits per heavy atom. The fraction of sp³-hybridized carbons (Fsp3) is 0.625. The zero-order chi connectivity index (χ0) is 15.8. The number of likely N-dealkylation sites (N-methyl/N-ethyl adjacent to an activating group) is 1. The van der Waals surface area contributed by atoms with Gasteiger partial charge in [0.1, 0.15) is 0 Å². The van der Waals surface area contributed by atoms with Crippen molar-refractivity contribution in [2.45, 2.75) is 38.8 Å². The molecular weight excluding hydrogens is 282 g/mol. The number of carbonyl (C=O) groups excluding carboxylic acids is 1. The lowest BCUT2D eigenvalue weighted by Gasteiger charge is -2.27. The molecule has 22 heavy (non-hydrogen) atoms. The van der Waals surface area contributed by atoms with Crippen LogP contribution >= 0.6 is 0 Å². The van der Waals surface area contributed by atoms with Gasteiger partial charge in [-0.15, -0.1) is 0 Å². The van der Waals surface area contributed by atoms with Gasteiger partial charge in [-0.2, -0.15) is 0 Å². The number of aromatic nitrogens is 1. The summed E-state index contributed by atoms with van der Waals surface area (Å²) in [5.41, 5.74) is 0.875. The third-order valence-corrected chi connectivity index (χ3v) is 3.66. The normalized spacial score (nSPS) is 17.8. The van der Waals surface area contributed by atoms with Crippen LogP contribution in [0.4, 0.5) is 4.79 Å². The Bertz CT molecular complexity index is 475. The fourth-order valence-corrected chi connectivity index (χ4v) is 2.47. The summed E-state index contributed by atoms with van der Waals surface area (Å²) in [4.78, 5) is 18.0. The molecule has 1 aromatic rings. The number of nitrogens with zero attached hydrogens (tertiary/aromatic N) is 2. The summed E-state index contributed by atoms with van der Waals surface area (Å²) in [6.07, 6.45) is 5.15. The molecule has 122 valence electrons. The second-order valence-corrected chi connectivity index (χ2v) is 5.43. The van der Waals surface area contributed by atoms with E-state index in [0.29, 0.717) is 25.6 Å². The lowest BCUT2D eigenvalue weighted by atomic mass is 10.1. The first-order chi connectivity index (χ1) is 10.7. The standard InChI is InChI=1S/C16H25N3O3/c1-3-21-15-13(7-6-9-17-15)11-18-16(20)19(2)12-14-8-4-5-10-22-14/h6-7,9,14H,3-5,8,10-12H2,1-2H3,(H,18,20). The van der Waals surface area contributed by atoms with Gasteiger partial charge in [-0.1, -0.05) is 6.07 Å². The molecular formula is C16H25N3O3. The number of rotatable bonds is 6. The molecule has 1 aromatic heterocycles. The van der Waals surface area contributed by atoms with Crippen molar-refractivity contribution < 1.29 is 14.3 Å². The highest BCUT2D eigenvalue weighted by atomic mass is 16.5. The Balaban J connectivity index is 1.81. The highest BCUT2D eigenvalue weighted by Gasteiger charge is 2.18. The van der Waals surface area contributed by atoms with E-state index < -0.39 is 0 Å². The van der Waals surface area contributed by atoms with Crippen LogP contribution in [-0.4, -0.2) is 48.8 Å². The number of nitrogens with one attached hydrogen (secondary N) is 1. The highest BCUT2D eigenvalue weighted by molar-refractivity contribution is 5.73. The van der Waals surface area contributed by atoms with Crippen molar-refractivity contribution in [3.63, 3.8) is 0 Å². The predicted octanol–water partition coefficient (Wildman–Crippen LogP) is 2.19. The van der Waals surface area contributed by atoms with Gasteiger partial charge in [-0.25, -0.2) is 9.78 Å². The van der Waals surface area contributed by atoms with Crippen molar-refractivity contribution in [3.05, 3.63) is 23.9 Å². The van der Waals surface area contributed by atoms with Crippen LogP contribution in [0, 0.1) is 0 Å². The average molecular weight is 307 g/mol. The monoisotopic (exact) mass is 307 g/mol. The highest BCUT2D eigenvalue weighted by Crippen LogP contribution is 2.15. The summed E-state index contributed by atoms with van der Waals surface area (Å²) in [5.74, 6) is 0.573. The van der Waals surface area contributed by atoms with Crippen molar-refractivity contribution in [1.82, 2.24) is 15.2 Å². The summed E-state index contributed by atoms with van der Waals surface area (Å²) in [7, 11) is 1.79. The Morgan fingerprint density at radius 3 is 3.14 bits per heavy atom. The summed E-state index contributed by atoms with van der Waals surface area (Å²) < 4.78 is 11.1. The van der Waals surface area contributed by atoms with Gasteiger partial charge in [-0.05, 0) is 32.3 Å². The quantitative estimate of drug-likeness (QED) is 0.875. The zero-order valence-corrected chi connectivity index (χ0v) is 13.4. The van der Waals surface area contributed by atoms with E-state index in [1.54, 1.807) is 18.1 Å². The molecule has 0 spiro atoms. The molecule has 1 aliphatic heterocycles. The van der Waals surface area contributed by atoms with Crippen molar-refractivity contribution >= 4 is 6.03 Å². The van der Waals surface area contributed by atoms with E-state index in [1.807, 2.05) is 19.1 Å². The third-order valence-electron chi connectivity index (χ3n) is 3.66. The number of amides is 2. The van der Waals surface area contributed by atoms with E-state index in [9.17, 15) is 4.79 Å². The first-order valence-corrected chi connectivity index (χ1v) is 7.88. The van der Waals surface area contributed by atoms with Crippen LogP contribution in [0.3, 0.4) is 0 Å². The molecule has 0 aliphatic carbocycles. The van der Waals surface area contributed by atoms with E-state index in [-0.39, 0.29) is 12.1 Å². The molecule has 6 heteroatoms. The molecule has 1 fully saturated rings. The Morgan fingerprint density at radius 2 is 2.41 bits per heavy atom. The predicted molar refractivity (Wildman–Crippen MR) is 83.9 cm³/mol. The van der Waals surface area contributed by atoms with E-state index in [0.717, 1.165) is 25.0 Å². The summed E-state index contributed by atoms with van der Waals surface area (Å²) in [6, 6.07) is 3.63. The number of hydrogen-bond acceptors (Lipinski definition) is 4. The smallest absolute Gasteiger partial charge is 0.317 e. The molecule has 0 aromatic carbocycles. The van der Waals surface area contributed by atoms with Gasteiger partial charge in [0.25, 0.3) is 0 Å². The molecule has 0 bridgehead atoms. The van der Waals surface area contributed by atoms with Gasteiger partial charge in [0, 0.05) is 38.5 Å². The van der Waals surface area contributed by atoms with E-state index in [4.69, 9.17) is 9.47 Å². The first kappa shape index (κ1) is 16.5. The number of carbonyl (C=O) groups is 1. The van der Waals surface area contributed by atoms with Crippen LogP contribution in [-0.2, 0) is 11.3 Å². The molecule has 1 unspecified atom stereocenters.